The maximum atomic E-state index is 6.26. The number of hydrogen-bond acceptors (Lipinski definition) is 2. The second kappa shape index (κ2) is 6.02. The molecule has 0 radical (unpaired) electrons. The highest BCUT2D eigenvalue weighted by molar-refractivity contribution is 5.26. The summed E-state index contributed by atoms with van der Waals surface area (Å²) >= 11 is 0. The van der Waals surface area contributed by atoms with Crippen molar-refractivity contribution in [3.63, 3.8) is 0 Å². The summed E-state index contributed by atoms with van der Waals surface area (Å²) in [6, 6.07) is 10.8. The average Bonchev–Trinajstić information content (AvgIpc) is 2.81. The van der Waals surface area contributed by atoms with Gasteiger partial charge in [-0.05, 0) is 36.0 Å². The summed E-state index contributed by atoms with van der Waals surface area (Å²) in [5.41, 5.74) is 10.1. The summed E-state index contributed by atoms with van der Waals surface area (Å²) in [6.45, 7) is 4.41. The SMILES string of the molecule is CC(C)c1ccc(C(N)CCc2ccnn2C)cc1. The second-order valence-electron chi connectivity index (χ2n) is 5.41. The van der Waals surface area contributed by atoms with E-state index in [1.54, 1.807) is 0 Å². The largest absolute Gasteiger partial charge is 0.324 e. The van der Waals surface area contributed by atoms with Crippen molar-refractivity contribution >= 4 is 0 Å². The summed E-state index contributed by atoms with van der Waals surface area (Å²) < 4.78 is 1.91. The van der Waals surface area contributed by atoms with Gasteiger partial charge in [0.05, 0.1) is 0 Å². The van der Waals surface area contributed by atoms with Gasteiger partial charge in [-0.2, -0.15) is 5.10 Å². The summed E-state index contributed by atoms with van der Waals surface area (Å²) in [7, 11) is 1.97. The van der Waals surface area contributed by atoms with Crippen LogP contribution >= 0.6 is 0 Å². The fourth-order valence-corrected chi connectivity index (χ4v) is 2.24. The molecule has 0 saturated carbocycles. The number of aromatic nitrogens is 2. The third-order valence-corrected chi connectivity index (χ3v) is 3.67. The van der Waals surface area contributed by atoms with Crippen LogP contribution in [-0.2, 0) is 13.5 Å². The van der Waals surface area contributed by atoms with Crippen molar-refractivity contribution < 1.29 is 0 Å². The van der Waals surface area contributed by atoms with Crippen molar-refractivity contribution in [1.82, 2.24) is 9.78 Å². The molecule has 1 heterocycles. The highest BCUT2D eigenvalue weighted by Crippen LogP contribution is 2.20. The van der Waals surface area contributed by atoms with Gasteiger partial charge in [0, 0.05) is 25.0 Å². The van der Waals surface area contributed by atoms with Crippen molar-refractivity contribution in [3.05, 3.63) is 53.3 Å². The molecule has 0 amide bonds. The minimum atomic E-state index is 0.0936. The number of nitrogens with zero attached hydrogens (tertiary/aromatic N) is 2. The predicted octanol–water partition coefficient (Wildman–Crippen LogP) is 3.18. The van der Waals surface area contributed by atoms with Gasteiger partial charge in [-0.1, -0.05) is 38.1 Å². The Morgan fingerprint density at radius 3 is 2.26 bits per heavy atom. The molecule has 0 spiro atoms. The number of hydrogen-bond donors (Lipinski definition) is 1. The lowest BCUT2D eigenvalue weighted by Crippen LogP contribution is -2.12. The Kier molecular flexibility index (Phi) is 4.38. The topological polar surface area (TPSA) is 43.8 Å². The van der Waals surface area contributed by atoms with Crippen LogP contribution in [-0.4, -0.2) is 9.78 Å². The van der Waals surface area contributed by atoms with Crippen LogP contribution in [0.25, 0.3) is 0 Å². The summed E-state index contributed by atoms with van der Waals surface area (Å²) in [5, 5.41) is 4.17. The van der Waals surface area contributed by atoms with E-state index in [4.69, 9.17) is 5.73 Å². The second-order valence-corrected chi connectivity index (χ2v) is 5.41. The number of benzene rings is 1. The number of nitrogens with two attached hydrogens (primary N) is 1. The van der Waals surface area contributed by atoms with Gasteiger partial charge >= 0.3 is 0 Å². The maximum absolute atomic E-state index is 6.26. The lowest BCUT2D eigenvalue weighted by molar-refractivity contribution is 0.613. The number of aryl methyl sites for hydroxylation is 2. The molecule has 2 rings (SSSR count). The molecule has 3 heteroatoms. The third kappa shape index (κ3) is 3.44. The fraction of sp³-hybridized carbons (Fsp3) is 0.438. The molecule has 1 aromatic heterocycles. The lowest BCUT2D eigenvalue weighted by atomic mass is 9.97. The van der Waals surface area contributed by atoms with Crippen molar-refractivity contribution in [2.75, 3.05) is 0 Å². The summed E-state index contributed by atoms with van der Waals surface area (Å²) in [6.07, 6.45) is 3.74. The summed E-state index contributed by atoms with van der Waals surface area (Å²) in [4.78, 5) is 0. The maximum Gasteiger partial charge on any atom is 0.0492 e. The van der Waals surface area contributed by atoms with Gasteiger partial charge in [0.1, 0.15) is 0 Å². The normalized spacial score (nSPS) is 12.9. The van der Waals surface area contributed by atoms with Crippen LogP contribution in [0.3, 0.4) is 0 Å². The van der Waals surface area contributed by atoms with Crippen molar-refractivity contribution in [2.24, 2.45) is 12.8 Å². The minimum Gasteiger partial charge on any atom is -0.324 e. The number of rotatable bonds is 5. The Labute approximate surface area is 115 Å². The molecule has 3 nitrogen and oxygen atoms in total. The van der Waals surface area contributed by atoms with E-state index in [1.165, 1.54) is 16.8 Å². The first kappa shape index (κ1) is 13.8. The van der Waals surface area contributed by atoms with E-state index in [-0.39, 0.29) is 6.04 Å². The zero-order valence-electron chi connectivity index (χ0n) is 12.0. The molecule has 102 valence electrons. The van der Waals surface area contributed by atoms with E-state index in [2.05, 4.69) is 49.3 Å². The predicted molar refractivity (Wildman–Crippen MR) is 79.0 cm³/mol. The van der Waals surface area contributed by atoms with Gasteiger partial charge < -0.3 is 5.73 Å². The molecule has 0 aliphatic carbocycles. The van der Waals surface area contributed by atoms with Crippen LogP contribution < -0.4 is 5.73 Å². The molecule has 1 aromatic carbocycles. The molecule has 0 bridgehead atoms. The van der Waals surface area contributed by atoms with Crippen molar-refractivity contribution in [3.8, 4) is 0 Å². The first-order valence-electron chi connectivity index (χ1n) is 6.90. The Balaban J connectivity index is 1.96. The minimum absolute atomic E-state index is 0.0936. The van der Waals surface area contributed by atoms with Gasteiger partial charge in [0.15, 0.2) is 0 Å². The molecule has 0 fully saturated rings. The van der Waals surface area contributed by atoms with E-state index < -0.39 is 0 Å². The molecule has 19 heavy (non-hydrogen) atoms. The van der Waals surface area contributed by atoms with Gasteiger partial charge in [-0.3, -0.25) is 4.68 Å². The van der Waals surface area contributed by atoms with E-state index in [0.717, 1.165) is 12.8 Å². The zero-order chi connectivity index (χ0) is 13.8. The standard InChI is InChI=1S/C16H23N3/c1-12(2)13-4-6-14(7-5-13)16(17)9-8-15-10-11-18-19(15)3/h4-7,10-12,16H,8-9,17H2,1-3H3. The first-order valence-corrected chi connectivity index (χ1v) is 6.90. The fourth-order valence-electron chi connectivity index (χ4n) is 2.24. The van der Waals surface area contributed by atoms with E-state index in [0.29, 0.717) is 5.92 Å². The Hall–Kier alpha value is -1.61. The molecule has 2 N–H and O–H groups in total. The molecular formula is C16H23N3. The van der Waals surface area contributed by atoms with Crippen LogP contribution in [0.4, 0.5) is 0 Å². The van der Waals surface area contributed by atoms with Crippen LogP contribution in [0.1, 0.15) is 49.0 Å². The van der Waals surface area contributed by atoms with Gasteiger partial charge in [0.2, 0.25) is 0 Å². The van der Waals surface area contributed by atoms with Gasteiger partial charge in [-0.15, -0.1) is 0 Å². The lowest BCUT2D eigenvalue weighted by Gasteiger charge is -2.13. The van der Waals surface area contributed by atoms with E-state index in [1.807, 2.05) is 17.9 Å². The molecule has 1 unspecified atom stereocenters. The Bertz CT molecular complexity index is 511. The van der Waals surface area contributed by atoms with E-state index >= 15 is 0 Å². The van der Waals surface area contributed by atoms with Crippen LogP contribution in [0.5, 0.6) is 0 Å². The third-order valence-electron chi connectivity index (χ3n) is 3.67. The molecule has 0 saturated heterocycles. The van der Waals surface area contributed by atoms with Crippen LogP contribution in [0.2, 0.25) is 0 Å². The molecular weight excluding hydrogens is 234 g/mol. The quantitative estimate of drug-likeness (QED) is 0.894. The van der Waals surface area contributed by atoms with Gasteiger partial charge in [0.25, 0.3) is 0 Å². The smallest absolute Gasteiger partial charge is 0.0492 e. The highest BCUT2D eigenvalue weighted by atomic mass is 15.2. The molecule has 2 aromatic rings. The Morgan fingerprint density at radius 2 is 1.74 bits per heavy atom. The average molecular weight is 257 g/mol. The molecule has 0 aliphatic rings. The Morgan fingerprint density at radius 1 is 1.11 bits per heavy atom. The van der Waals surface area contributed by atoms with Crippen molar-refractivity contribution in [2.45, 2.75) is 38.6 Å². The molecule has 0 aliphatic heterocycles. The van der Waals surface area contributed by atoms with E-state index in [9.17, 15) is 0 Å². The van der Waals surface area contributed by atoms with Gasteiger partial charge in [-0.25, -0.2) is 0 Å². The zero-order valence-corrected chi connectivity index (χ0v) is 12.0. The van der Waals surface area contributed by atoms with Crippen molar-refractivity contribution in [1.29, 1.82) is 0 Å². The summed E-state index contributed by atoms with van der Waals surface area (Å²) in [5.74, 6) is 0.569. The van der Waals surface area contributed by atoms with Crippen LogP contribution in [0, 0.1) is 0 Å². The monoisotopic (exact) mass is 257 g/mol. The van der Waals surface area contributed by atoms with Crippen LogP contribution in [0.15, 0.2) is 36.5 Å². The first-order chi connectivity index (χ1) is 9.08. The highest BCUT2D eigenvalue weighted by Gasteiger charge is 2.08. The molecule has 1 atom stereocenters.